The van der Waals surface area contributed by atoms with Crippen LogP contribution in [0.5, 0.6) is 0 Å². The van der Waals surface area contributed by atoms with Gasteiger partial charge in [0.25, 0.3) is 0 Å². The largest absolute Gasteiger partial charge is 0.481 e. The second-order valence-corrected chi connectivity index (χ2v) is 10.6. The van der Waals surface area contributed by atoms with Gasteiger partial charge in [-0.05, 0) is 61.6 Å². The predicted molar refractivity (Wildman–Crippen MR) is 118 cm³/mol. The van der Waals surface area contributed by atoms with Gasteiger partial charge >= 0.3 is 5.97 Å². The Balaban J connectivity index is 2.10. The maximum atomic E-state index is 14.5. The van der Waals surface area contributed by atoms with Crippen LogP contribution in [0.25, 0.3) is 10.9 Å². The molecule has 0 fully saturated rings. The molecule has 0 saturated carbocycles. The van der Waals surface area contributed by atoms with Gasteiger partial charge in [-0.15, -0.1) is 0 Å². The van der Waals surface area contributed by atoms with E-state index in [9.17, 15) is 22.7 Å². The molecule has 1 heterocycles. The van der Waals surface area contributed by atoms with E-state index in [4.69, 9.17) is 11.6 Å². The maximum absolute atomic E-state index is 14.5. The zero-order valence-electron chi connectivity index (χ0n) is 17.2. The van der Waals surface area contributed by atoms with Gasteiger partial charge in [-0.25, -0.2) is 12.8 Å². The fourth-order valence-electron chi connectivity index (χ4n) is 4.81. The number of aliphatic carboxylic acids is 1. The normalized spacial score (nSPS) is 17.5. The van der Waals surface area contributed by atoms with Gasteiger partial charge in [0, 0.05) is 28.3 Å². The molecule has 1 aromatic heterocycles. The summed E-state index contributed by atoms with van der Waals surface area (Å²) in [4.78, 5) is 11.5. The lowest BCUT2D eigenvalue weighted by Gasteiger charge is -2.28. The molecule has 8 heteroatoms. The molecule has 0 saturated heterocycles. The van der Waals surface area contributed by atoms with Crippen LogP contribution in [-0.4, -0.2) is 30.3 Å². The highest BCUT2D eigenvalue weighted by Gasteiger charge is 2.33. The molecule has 4 rings (SSSR count). The number of carbonyl (C=O) groups is 1. The minimum atomic E-state index is -3.74. The van der Waals surface area contributed by atoms with Crippen LogP contribution in [0.3, 0.4) is 0 Å². The second kappa shape index (κ2) is 7.95. The van der Waals surface area contributed by atoms with Crippen molar-refractivity contribution in [1.82, 2.24) is 4.57 Å². The first kappa shape index (κ1) is 21.8. The quantitative estimate of drug-likeness (QED) is 0.554. The van der Waals surface area contributed by atoms with E-state index in [0.717, 1.165) is 35.6 Å². The maximum Gasteiger partial charge on any atom is 0.304 e. The van der Waals surface area contributed by atoms with E-state index in [1.807, 2.05) is 23.6 Å². The van der Waals surface area contributed by atoms with Crippen molar-refractivity contribution >= 4 is 38.3 Å². The number of fused-ring (bicyclic) bond motifs is 3. The summed E-state index contributed by atoms with van der Waals surface area (Å²) in [5, 5.41) is 10.6. The molecule has 1 aliphatic carbocycles. The molecular weight excluding hydrogens is 441 g/mol. The van der Waals surface area contributed by atoms with Crippen molar-refractivity contribution in [3.8, 4) is 0 Å². The van der Waals surface area contributed by atoms with Gasteiger partial charge < -0.3 is 9.67 Å². The molecule has 0 bridgehead atoms. The zero-order valence-corrected chi connectivity index (χ0v) is 18.8. The molecule has 0 aliphatic heterocycles. The lowest BCUT2D eigenvalue weighted by atomic mass is 9.84. The number of carboxylic acid groups (broad SMARTS) is 1. The molecule has 0 spiro atoms. The van der Waals surface area contributed by atoms with Gasteiger partial charge in [0.05, 0.1) is 22.9 Å². The fourth-order valence-corrected chi connectivity index (χ4v) is 5.82. The first-order valence-electron chi connectivity index (χ1n) is 10.1. The van der Waals surface area contributed by atoms with Crippen LogP contribution in [-0.2, 0) is 21.1 Å². The summed E-state index contributed by atoms with van der Waals surface area (Å²) >= 11 is 6.04. The zero-order chi connectivity index (χ0) is 22.5. The van der Waals surface area contributed by atoms with Crippen molar-refractivity contribution in [2.75, 3.05) is 6.26 Å². The summed E-state index contributed by atoms with van der Waals surface area (Å²) in [6.45, 7) is 1.94. The van der Waals surface area contributed by atoms with Crippen LogP contribution in [0.15, 0.2) is 41.3 Å². The second-order valence-electron chi connectivity index (χ2n) is 8.22. The number of sulfone groups is 1. The van der Waals surface area contributed by atoms with Gasteiger partial charge in [-0.3, -0.25) is 4.79 Å². The summed E-state index contributed by atoms with van der Waals surface area (Å²) < 4.78 is 41.7. The molecule has 164 valence electrons. The van der Waals surface area contributed by atoms with Crippen LogP contribution in [0.4, 0.5) is 4.39 Å². The Hall–Kier alpha value is -2.38. The average Bonchev–Trinajstić information content (AvgIpc) is 3.01. The SMILES string of the molecule is C[C@H](c1ccc(Cl)cc1)n1c2c(c3cc(F)cc(S(C)(=O)=O)c31)CCC[C@@H]2CC(=O)O. The average molecular weight is 464 g/mol. The highest BCUT2D eigenvalue weighted by atomic mass is 35.5. The lowest BCUT2D eigenvalue weighted by Crippen LogP contribution is -2.20. The number of carboxylic acids is 1. The molecule has 31 heavy (non-hydrogen) atoms. The molecule has 0 unspecified atom stereocenters. The number of benzene rings is 2. The number of aryl methyl sites for hydroxylation is 1. The van der Waals surface area contributed by atoms with Crippen LogP contribution in [0.1, 0.15) is 55.0 Å². The van der Waals surface area contributed by atoms with E-state index in [0.29, 0.717) is 28.8 Å². The van der Waals surface area contributed by atoms with Gasteiger partial charge in [-0.2, -0.15) is 0 Å². The van der Waals surface area contributed by atoms with Crippen LogP contribution < -0.4 is 0 Å². The Labute approximate surface area is 185 Å². The lowest BCUT2D eigenvalue weighted by molar-refractivity contribution is -0.137. The van der Waals surface area contributed by atoms with E-state index < -0.39 is 21.6 Å². The summed E-state index contributed by atoms with van der Waals surface area (Å²) in [5.74, 6) is -1.81. The standard InChI is InChI=1S/C23H23ClFNO4S/c1-13(14-6-8-16(24)9-7-14)26-22-15(10-21(27)28)4-3-5-18(22)19-11-17(25)12-20(23(19)26)31(2,29)30/h6-9,11-13,15H,3-5,10H2,1-2H3,(H,27,28)/t13-,15-/m1/s1. The third kappa shape index (κ3) is 3.96. The van der Waals surface area contributed by atoms with Gasteiger partial charge in [-0.1, -0.05) is 23.7 Å². The Morgan fingerprint density at radius 1 is 1.29 bits per heavy atom. The molecular formula is C23H23ClFNO4S. The van der Waals surface area contributed by atoms with Crippen molar-refractivity contribution < 1.29 is 22.7 Å². The molecule has 3 aromatic rings. The molecule has 5 nitrogen and oxygen atoms in total. The smallest absolute Gasteiger partial charge is 0.304 e. The van der Waals surface area contributed by atoms with Crippen molar-refractivity contribution in [2.24, 2.45) is 0 Å². The number of aromatic nitrogens is 1. The Bertz CT molecular complexity index is 1280. The highest BCUT2D eigenvalue weighted by molar-refractivity contribution is 7.91. The summed E-state index contributed by atoms with van der Waals surface area (Å²) in [6.07, 6.45) is 3.10. The van der Waals surface area contributed by atoms with Gasteiger partial charge in [0.2, 0.25) is 0 Å². The summed E-state index contributed by atoms with van der Waals surface area (Å²) in [7, 11) is -3.74. The monoisotopic (exact) mass is 463 g/mol. The summed E-state index contributed by atoms with van der Waals surface area (Å²) in [6, 6.07) is 9.38. The van der Waals surface area contributed by atoms with E-state index >= 15 is 0 Å². The third-order valence-corrected chi connectivity index (χ3v) is 7.46. The van der Waals surface area contributed by atoms with Crippen molar-refractivity contribution in [2.45, 2.75) is 49.5 Å². The van der Waals surface area contributed by atoms with E-state index in [2.05, 4.69) is 0 Å². The molecule has 1 aliphatic rings. The number of hydrogen-bond donors (Lipinski definition) is 1. The topological polar surface area (TPSA) is 76.4 Å². The van der Waals surface area contributed by atoms with Crippen LogP contribution in [0.2, 0.25) is 5.02 Å². The highest BCUT2D eigenvalue weighted by Crippen LogP contribution is 2.44. The van der Waals surface area contributed by atoms with Gasteiger partial charge in [0.15, 0.2) is 9.84 Å². The molecule has 2 atom stereocenters. The van der Waals surface area contributed by atoms with E-state index in [1.165, 1.54) is 6.07 Å². The minimum Gasteiger partial charge on any atom is -0.481 e. The minimum absolute atomic E-state index is 0.0622. The predicted octanol–water partition coefficient (Wildman–Crippen LogP) is 5.34. The van der Waals surface area contributed by atoms with E-state index in [-0.39, 0.29) is 23.3 Å². The summed E-state index contributed by atoms with van der Waals surface area (Å²) in [5.41, 5.74) is 2.97. The number of rotatable bonds is 5. The first-order valence-corrected chi connectivity index (χ1v) is 12.4. The van der Waals surface area contributed by atoms with Crippen molar-refractivity contribution in [3.63, 3.8) is 0 Å². The molecule has 2 aromatic carbocycles. The number of hydrogen-bond acceptors (Lipinski definition) is 3. The Kier molecular flexibility index (Phi) is 5.60. The van der Waals surface area contributed by atoms with Gasteiger partial charge in [0.1, 0.15) is 5.82 Å². The number of nitrogens with zero attached hydrogens (tertiary/aromatic N) is 1. The molecule has 1 N–H and O–H groups in total. The van der Waals surface area contributed by atoms with E-state index in [1.54, 1.807) is 12.1 Å². The first-order chi connectivity index (χ1) is 14.6. The van der Waals surface area contributed by atoms with Crippen LogP contribution in [0, 0.1) is 5.82 Å². The van der Waals surface area contributed by atoms with Crippen molar-refractivity contribution in [1.29, 1.82) is 0 Å². The Morgan fingerprint density at radius 3 is 2.58 bits per heavy atom. The third-order valence-electron chi connectivity index (χ3n) is 6.10. The van der Waals surface area contributed by atoms with Crippen molar-refractivity contribution in [3.05, 3.63) is 64.1 Å². The molecule has 0 radical (unpaired) electrons. The Morgan fingerprint density at radius 2 is 1.97 bits per heavy atom. The number of halogens is 2. The molecule has 0 amide bonds. The fraction of sp³-hybridized carbons (Fsp3) is 0.348. The van der Waals surface area contributed by atoms with Crippen LogP contribution >= 0.6 is 11.6 Å².